The summed E-state index contributed by atoms with van der Waals surface area (Å²) < 4.78 is 0. The van der Waals surface area contributed by atoms with Crippen molar-refractivity contribution in [1.82, 2.24) is 4.98 Å². The largest absolute Gasteiger partial charge is 0.361 e. The third-order valence-corrected chi connectivity index (χ3v) is 2.07. The van der Waals surface area contributed by atoms with Gasteiger partial charge in [0.2, 0.25) is 0 Å². The maximum atomic E-state index is 3.19. The molecule has 1 N–H and O–H groups in total. The van der Waals surface area contributed by atoms with Gasteiger partial charge in [0.15, 0.2) is 0 Å². The Bertz CT molecular complexity index is 365. The second kappa shape index (κ2) is 2.42. The minimum Gasteiger partial charge on any atom is -0.361 e. The topological polar surface area (TPSA) is 15.8 Å². The minimum absolute atomic E-state index is 0. The lowest BCUT2D eigenvalue weighted by molar-refractivity contribution is 1.16. The lowest BCUT2D eigenvalue weighted by Gasteiger charge is -1.96. The molecule has 0 bridgehead atoms. The molecule has 11 heavy (non-hydrogen) atoms. The third-order valence-electron chi connectivity index (χ3n) is 2.07. The van der Waals surface area contributed by atoms with Crippen LogP contribution in [0.25, 0.3) is 10.9 Å². The van der Waals surface area contributed by atoms with Crippen LogP contribution in [0, 0.1) is 0 Å². The first kappa shape index (κ1) is 6.47. The number of nitrogens with one attached hydrogen (secondary N) is 1. The highest BCUT2D eigenvalue weighted by atomic mass is 14.7. The van der Waals surface area contributed by atoms with Crippen LogP contribution in [0.1, 0.15) is 13.9 Å². The Morgan fingerprint density at radius 1 is 1.36 bits per heavy atom. The summed E-state index contributed by atoms with van der Waals surface area (Å²) in [4.78, 5) is 3.19. The zero-order valence-corrected chi connectivity index (χ0v) is 6.59. The van der Waals surface area contributed by atoms with Crippen LogP contribution in [0.4, 0.5) is 0 Å². The molecule has 0 aliphatic carbocycles. The fourth-order valence-corrected chi connectivity index (χ4v) is 1.46. The van der Waals surface area contributed by atoms with Gasteiger partial charge in [0.25, 0.3) is 0 Å². The molecule has 0 fully saturated rings. The molecule has 0 saturated heterocycles. The Labute approximate surface area is 67.5 Å². The summed E-state index contributed by atoms with van der Waals surface area (Å²) in [6.45, 7) is 2.18. The summed E-state index contributed by atoms with van der Waals surface area (Å²) in [5, 5.41) is 1.36. The average molecular weight is 147 g/mol. The highest BCUT2D eigenvalue weighted by Crippen LogP contribution is 2.17. The van der Waals surface area contributed by atoms with Gasteiger partial charge < -0.3 is 4.98 Å². The quantitative estimate of drug-likeness (QED) is 0.638. The van der Waals surface area contributed by atoms with Crippen molar-refractivity contribution in [3.05, 3.63) is 36.0 Å². The Hall–Kier alpha value is -1.24. The molecule has 0 radical (unpaired) electrons. The fraction of sp³-hybridized carbons (Fsp3) is 0.200. The van der Waals surface area contributed by atoms with Crippen molar-refractivity contribution in [1.29, 1.82) is 0 Å². The summed E-state index contributed by atoms with van der Waals surface area (Å²) in [5.74, 6) is 0. The molecule has 2 aromatic rings. The Balaban J connectivity index is 0.000000720. The summed E-state index contributed by atoms with van der Waals surface area (Å²) in [6.07, 6.45) is 3.10. The predicted molar refractivity (Wildman–Crippen MR) is 49.8 cm³/mol. The number of aromatic nitrogens is 1. The molecule has 58 valence electrons. The van der Waals surface area contributed by atoms with Crippen LogP contribution in [0.15, 0.2) is 30.5 Å². The van der Waals surface area contributed by atoms with Crippen LogP contribution in [-0.2, 0) is 6.42 Å². The first-order valence-corrected chi connectivity index (χ1v) is 3.97. The van der Waals surface area contributed by atoms with E-state index < -0.39 is 0 Å². The second-order valence-corrected chi connectivity index (χ2v) is 2.71. The lowest BCUT2D eigenvalue weighted by Crippen LogP contribution is -1.79. The maximum absolute atomic E-state index is 3.19. The smallest absolute Gasteiger partial charge is 0.0456 e. The van der Waals surface area contributed by atoms with Gasteiger partial charge in [0, 0.05) is 18.5 Å². The number of benzene rings is 1. The molecule has 1 aromatic heterocycles. The molecular formula is C10H13N. The normalized spacial score (nSPS) is 10.6. The van der Waals surface area contributed by atoms with E-state index in [0.29, 0.717) is 0 Å². The number of rotatable bonds is 1. The van der Waals surface area contributed by atoms with Crippen LogP contribution in [0.3, 0.4) is 0 Å². The summed E-state index contributed by atoms with van der Waals surface area (Å²) in [5.41, 5.74) is 2.66. The number of aryl methyl sites for hydroxylation is 1. The van der Waals surface area contributed by atoms with Gasteiger partial charge in [-0.15, -0.1) is 0 Å². The van der Waals surface area contributed by atoms with Crippen molar-refractivity contribution in [3.63, 3.8) is 0 Å². The zero-order chi connectivity index (χ0) is 7.68. The molecular weight excluding hydrogens is 134 g/mol. The highest BCUT2D eigenvalue weighted by Gasteiger charge is 1.96. The van der Waals surface area contributed by atoms with Gasteiger partial charge in [-0.3, -0.25) is 0 Å². The first-order chi connectivity index (χ1) is 5.42. The average Bonchev–Trinajstić information content (AvgIpc) is 2.50. The minimum atomic E-state index is 0. The van der Waals surface area contributed by atoms with Gasteiger partial charge in [0.05, 0.1) is 0 Å². The SMILES string of the molecule is CCc1cccc2[nH]ccc12.[HH]. The number of hydrogen-bond acceptors (Lipinski definition) is 0. The number of aromatic amines is 1. The molecule has 0 spiro atoms. The van der Waals surface area contributed by atoms with Crippen LogP contribution >= 0.6 is 0 Å². The third kappa shape index (κ3) is 0.929. The first-order valence-electron chi connectivity index (χ1n) is 3.97. The van der Waals surface area contributed by atoms with Gasteiger partial charge in [-0.25, -0.2) is 0 Å². The van der Waals surface area contributed by atoms with E-state index in [1.165, 1.54) is 16.5 Å². The highest BCUT2D eigenvalue weighted by molar-refractivity contribution is 5.82. The standard InChI is InChI=1S/C10H11N.H2/c1-2-8-4-3-5-10-9(8)6-7-11-10;/h3-7,11H,2H2,1H3;1H. The molecule has 1 aromatic carbocycles. The van der Waals surface area contributed by atoms with Crippen molar-refractivity contribution in [2.45, 2.75) is 13.3 Å². The van der Waals surface area contributed by atoms with E-state index in [9.17, 15) is 0 Å². The van der Waals surface area contributed by atoms with E-state index in [2.05, 4.69) is 36.2 Å². The van der Waals surface area contributed by atoms with Gasteiger partial charge in [-0.1, -0.05) is 19.1 Å². The molecule has 1 heterocycles. The van der Waals surface area contributed by atoms with Crippen molar-refractivity contribution < 1.29 is 1.43 Å². The lowest BCUT2D eigenvalue weighted by atomic mass is 10.1. The van der Waals surface area contributed by atoms with Crippen LogP contribution in [-0.4, -0.2) is 4.98 Å². The van der Waals surface area contributed by atoms with E-state index in [1.54, 1.807) is 0 Å². The van der Waals surface area contributed by atoms with Crippen molar-refractivity contribution in [2.75, 3.05) is 0 Å². The summed E-state index contributed by atoms with van der Waals surface area (Å²) in [7, 11) is 0. The van der Waals surface area contributed by atoms with Gasteiger partial charge in [-0.2, -0.15) is 0 Å². The predicted octanol–water partition coefficient (Wildman–Crippen LogP) is 2.98. The van der Waals surface area contributed by atoms with Crippen molar-refractivity contribution >= 4 is 10.9 Å². The summed E-state index contributed by atoms with van der Waals surface area (Å²) in [6, 6.07) is 8.51. The van der Waals surface area contributed by atoms with Crippen LogP contribution < -0.4 is 0 Å². The van der Waals surface area contributed by atoms with Gasteiger partial charge in [-0.05, 0) is 24.1 Å². The molecule has 0 saturated carbocycles. The second-order valence-electron chi connectivity index (χ2n) is 2.71. The van der Waals surface area contributed by atoms with Gasteiger partial charge in [0.1, 0.15) is 0 Å². The Morgan fingerprint density at radius 2 is 2.27 bits per heavy atom. The van der Waals surface area contributed by atoms with E-state index in [0.717, 1.165) is 6.42 Å². The zero-order valence-electron chi connectivity index (χ0n) is 6.59. The number of H-pyrrole nitrogens is 1. The van der Waals surface area contributed by atoms with E-state index in [4.69, 9.17) is 0 Å². The maximum Gasteiger partial charge on any atom is 0.0456 e. The monoisotopic (exact) mass is 147 g/mol. The summed E-state index contributed by atoms with van der Waals surface area (Å²) >= 11 is 0. The fourth-order valence-electron chi connectivity index (χ4n) is 1.46. The molecule has 1 nitrogen and oxygen atoms in total. The Morgan fingerprint density at radius 3 is 3.09 bits per heavy atom. The van der Waals surface area contributed by atoms with E-state index in [1.807, 2.05) is 6.20 Å². The van der Waals surface area contributed by atoms with Crippen LogP contribution in [0.5, 0.6) is 0 Å². The molecule has 0 aliphatic rings. The van der Waals surface area contributed by atoms with Crippen molar-refractivity contribution in [2.24, 2.45) is 0 Å². The number of hydrogen-bond donors (Lipinski definition) is 1. The molecule has 0 aliphatic heterocycles. The number of fused-ring (bicyclic) bond motifs is 1. The Kier molecular flexibility index (Phi) is 1.42. The molecule has 0 amide bonds. The molecule has 0 atom stereocenters. The molecule has 2 rings (SSSR count). The molecule has 1 heteroatoms. The van der Waals surface area contributed by atoms with E-state index in [-0.39, 0.29) is 1.43 Å². The van der Waals surface area contributed by atoms with Crippen LogP contribution in [0.2, 0.25) is 0 Å². The van der Waals surface area contributed by atoms with Gasteiger partial charge >= 0.3 is 0 Å². The van der Waals surface area contributed by atoms with E-state index >= 15 is 0 Å². The molecule has 0 unspecified atom stereocenters. The van der Waals surface area contributed by atoms with Crippen molar-refractivity contribution in [3.8, 4) is 0 Å².